The topological polar surface area (TPSA) is 66.2 Å². The van der Waals surface area contributed by atoms with Crippen LogP contribution in [0.25, 0.3) is 27.7 Å². The van der Waals surface area contributed by atoms with E-state index in [1.165, 1.54) is 0 Å². The van der Waals surface area contributed by atoms with Gasteiger partial charge >= 0.3 is 11.9 Å². The second-order valence-corrected chi connectivity index (χ2v) is 6.71. The number of cyclic esters (lactones) is 2. The van der Waals surface area contributed by atoms with Gasteiger partial charge in [0.25, 0.3) is 0 Å². The molecule has 28 heavy (non-hydrogen) atoms. The predicted octanol–water partition coefficient (Wildman–Crippen LogP) is 4.09. The van der Waals surface area contributed by atoms with Gasteiger partial charge in [0.2, 0.25) is 0 Å². The number of methoxy groups -OCH3 is 2. The molecule has 0 amide bonds. The third-order valence-electron chi connectivity index (χ3n) is 5.42. The van der Waals surface area contributed by atoms with Crippen molar-refractivity contribution in [3.05, 3.63) is 53.1 Å². The average Bonchev–Trinajstić information content (AvgIpc) is 3.32. The van der Waals surface area contributed by atoms with Gasteiger partial charge in [-0.15, -0.1) is 0 Å². The van der Waals surface area contributed by atoms with Crippen molar-refractivity contribution in [2.75, 3.05) is 14.2 Å². The number of aryl methyl sites for hydroxylation is 1. The van der Waals surface area contributed by atoms with Gasteiger partial charge in [0.15, 0.2) is 0 Å². The van der Waals surface area contributed by atoms with Crippen LogP contribution >= 0.6 is 0 Å². The number of hydrogen-bond acceptors (Lipinski definition) is 5. The van der Waals surface area contributed by atoms with Crippen LogP contribution < -0.4 is 9.47 Å². The van der Waals surface area contributed by atoms with E-state index in [4.69, 9.17) is 14.2 Å². The number of carbonyl (C=O) groups is 2. The minimum absolute atomic E-state index is 0.307. The van der Waals surface area contributed by atoms with E-state index < -0.39 is 11.9 Å². The standard InChI is InChI=1S/C22H17NO5/c1-4-14-15-9-13(27-3)10-16-18-19(22(25)28-21(18)24)20(23(15)16)17(14)11-5-7-12(26-2)8-6-11/h5-10H,4H2,1-3H3. The second-order valence-electron chi connectivity index (χ2n) is 6.71. The molecule has 3 aromatic heterocycles. The van der Waals surface area contributed by atoms with Gasteiger partial charge < -0.3 is 18.6 Å². The third kappa shape index (κ3) is 1.97. The highest BCUT2D eigenvalue weighted by Crippen LogP contribution is 2.45. The molecule has 0 N–H and O–H groups in total. The highest BCUT2D eigenvalue weighted by Gasteiger charge is 2.39. The van der Waals surface area contributed by atoms with Gasteiger partial charge in [0, 0.05) is 17.7 Å². The molecule has 4 aromatic rings. The largest absolute Gasteiger partial charge is 0.497 e. The van der Waals surface area contributed by atoms with Crippen LogP contribution in [-0.2, 0) is 11.2 Å². The Kier molecular flexibility index (Phi) is 3.40. The van der Waals surface area contributed by atoms with Gasteiger partial charge in [-0.05, 0) is 29.7 Å². The highest BCUT2D eigenvalue weighted by molar-refractivity contribution is 6.25. The van der Waals surface area contributed by atoms with E-state index in [1.807, 2.05) is 34.7 Å². The highest BCUT2D eigenvalue weighted by atomic mass is 16.6. The number of ether oxygens (including phenoxy) is 3. The summed E-state index contributed by atoms with van der Waals surface area (Å²) in [5.41, 5.74) is 5.85. The van der Waals surface area contributed by atoms with Gasteiger partial charge in [-0.2, -0.15) is 0 Å². The van der Waals surface area contributed by atoms with Crippen molar-refractivity contribution >= 4 is 28.5 Å². The fourth-order valence-electron chi connectivity index (χ4n) is 4.22. The summed E-state index contributed by atoms with van der Waals surface area (Å²) in [6.07, 6.45) is 0.753. The molecule has 1 aliphatic heterocycles. The molecule has 0 spiro atoms. The molecule has 0 bridgehead atoms. The number of pyridine rings is 1. The van der Waals surface area contributed by atoms with Crippen molar-refractivity contribution in [1.29, 1.82) is 0 Å². The normalized spacial score (nSPS) is 13.4. The summed E-state index contributed by atoms with van der Waals surface area (Å²) >= 11 is 0. The Morgan fingerprint density at radius 3 is 2.14 bits per heavy atom. The molecule has 0 radical (unpaired) electrons. The Morgan fingerprint density at radius 2 is 1.50 bits per heavy atom. The van der Waals surface area contributed by atoms with Gasteiger partial charge in [-0.1, -0.05) is 19.1 Å². The van der Waals surface area contributed by atoms with Crippen LogP contribution in [0.3, 0.4) is 0 Å². The van der Waals surface area contributed by atoms with E-state index in [9.17, 15) is 9.59 Å². The number of hydrogen-bond donors (Lipinski definition) is 0. The molecule has 1 aliphatic rings. The first-order valence-electron chi connectivity index (χ1n) is 9.00. The van der Waals surface area contributed by atoms with Crippen LogP contribution in [0.2, 0.25) is 0 Å². The molecule has 6 nitrogen and oxygen atoms in total. The lowest BCUT2D eigenvalue weighted by Crippen LogP contribution is -2.01. The van der Waals surface area contributed by atoms with Gasteiger partial charge in [0.05, 0.1) is 30.8 Å². The zero-order valence-electron chi connectivity index (χ0n) is 15.7. The zero-order valence-corrected chi connectivity index (χ0v) is 15.7. The van der Waals surface area contributed by atoms with E-state index in [1.54, 1.807) is 20.3 Å². The Hall–Kier alpha value is -3.54. The monoisotopic (exact) mass is 375 g/mol. The van der Waals surface area contributed by atoms with Crippen LogP contribution in [0, 0.1) is 0 Å². The first-order valence-corrected chi connectivity index (χ1v) is 9.00. The Labute approximate surface area is 160 Å². The number of aromatic nitrogens is 1. The lowest BCUT2D eigenvalue weighted by atomic mass is 9.97. The Balaban J connectivity index is 1.98. The first kappa shape index (κ1) is 16.6. The third-order valence-corrected chi connectivity index (χ3v) is 5.42. The Bertz CT molecular complexity index is 1270. The molecule has 0 saturated heterocycles. The molecular weight excluding hydrogens is 358 g/mol. The van der Waals surface area contributed by atoms with Gasteiger partial charge in [0.1, 0.15) is 22.6 Å². The lowest BCUT2D eigenvalue weighted by molar-refractivity contribution is 0.0444. The van der Waals surface area contributed by atoms with Crippen molar-refractivity contribution in [1.82, 2.24) is 4.40 Å². The molecular formula is C22H17NO5. The van der Waals surface area contributed by atoms with Crippen LogP contribution in [0.15, 0.2) is 36.4 Å². The molecule has 5 rings (SSSR count). The molecule has 1 aromatic carbocycles. The van der Waals surface area contributed by atoms with Crippen molar-refractivity contribution in [3.63, 3.8) is 0 Å². The number of benzene rings is 1. The first-order chi connectivity index (χ1) is 13.6. The van der Waals surface area contributed by atoms with E-state index in [2.05, 4.69) is 6.92 Å². The number of fused-ring (bicyclic) bond motifs is 3. The fraction of sp³-hybridized carbons (Fsp3) is 0.182. The summed E-state index contributed by atoms with van der Waals surface area (Å²) in [5.74, 6) is 0.159. The fourth-order valence-corrected chi connectivity index (χ4v) is 4.22. The number of esters is 2. The molecule has 6 heteroatoms. The zero-order chi connectivity index (χ0) is 19.6. The maximum Gasteiger partial charge on any atom is 0.349 e. The Morgan fingerprint density at radius 1 is 0.857 bits per heavy atom. The maximum atomic E-state index is 12.5. The smallest absolute Gasteiger partial charge is 0.349 e. The summed E-state index contributed by atoms with van der Waals surface area (Å²) in [6, 6.07) is 11.4. The summed E-state index contributed by atoms with van der Waals surface area (Å²) < 4.78 is 17.6. The van der Waals surface area contributed by atoms with Crippen molar-refractivity contribution in [3.8, 4) is 22.6 Å². The van der Waals surface area contributed by atoms with Crippen LogP contribution in [0.5, 0.6) is 11.5 Å². The summed E-state index contributed by atoms with van der Waals surface area (Å²) in [7, 11) is 3.20. The minimum Gasteiger partial charge on any atom is -0.497 e. The van der Waals surface area contributed by atoms with Gasteiger partial charge in [-0.25, -0.2) is 9.59 Å². The van der Waals surface area contributed by atoms with Crippen LogP contribution in [-0.4, -0.2) is 30.6 Å². The van der Waals surface area contributed by atoms with E-state index in [0.29, 0.717) is 27.9 Å². The summed E-state index contributed by atoms with van der Waals surface area (Å²) in [4.78, 5) is 24.9. The molecule has 0 aliphatic carbocycles. The molecule has 4 heterocycles. The second kappa shape index (κ2) is 5.73. The quantitative estimate of drug-likeness (QED) is 0.397. The van der Waals surface area contributed by atoms with Crippen molar-refractivity contribution in [2.45, 2.75) is 13.3 Å². The van der Waals surface area contributed by atoms with Crippen LogP contribution in [0.1, 0.15) is 33.2 Å². The number of carbonyl (C=O) groups excluding carboxylic acids is 2. The van der Waals surface area contributed by atoms with Crippen molar-refractivity contribution < 1.29 is 23.8 Å². The van der Waals surface area contributed by atoms with E-state index in [-0.39, 0.29) is 0 Å². The molecule has 140 valence electrons. The predicted molar refractivity (Wildman–Crippen MR) is 104 cm³/mol. The number of rotatable bonds is 4. The van der Waals surface area contributed by atoms with Crippen molar-refractivity contribution in [2.24, 2.45) is 0 Å². The molecule has 0 saturated carbocycles. The minimum atomic E-state index is -0.614. The van der Waals surface area contributed by atoms with Crippen LogP contribution in [0.4, 0.5) is 0 Å². The SMILES string of the molecule is CCc1c(-c2ccc(OC)cc2)c2c3c(c4cc(OC)cc1n42)C(=O)OC3=O. The maximum absolute atomic E-state index is 12.5. The molecule has 0 unspecified atom stereocenters. The average molecular weight is 375 g/mol. The van der Waals surface area contributed by atoms with E-state index in [0.717, 1.165) is 34.4 Å². The number of nitrogens with zero attached hydrogens (tertiary/aromatic N) is 1. The van der Waals surface area contributed by atoms with E-state index >= 15 is 0 Å². The summed E-state index contributed by atoms with van der Waals surface area (Å²) in [6.45, 7) is 2.07. The molecule has 0 atom stereocenters. The van der Waals surface area contributed by atoms with Gasteiger partial charge in [-0.3, -0.25) is 0 Å². The summed E-state index contributed by atoms with van der Waals surface area (Å²) in [5, 5.41) is 0. The molecule has 0 fully saturated rings. The lowest BCUT2D eigenvalue weighted by Gasteiger charge is -2.07.